The van der Waals surface area contributed by atoms with Crippen molar-refractivity contribution in [2.45, 2.75) is 32.9 Å². The van der Waals surface area contributed by atoms with Crippen molar-refractivity contribution in [2.24, 2.45) is 0 Å². The van der Waals surface area contributed by atoms with Crippen LogP contribution in [-0.2, 0) is 11.3 Å². The number of carbonyl (C=O) groups is 1. The Morgan fingerprint density at radius 2 is 1.85 bits per heavy atom. The summed E-state index contributed by atoms with van der Waals surface area (Å²) in [6.45, 7) is 8.39. The number of anilines is 1. The fourth-order valence-corrected chi connectivity index (χ4v) is 3.05. The molecule has 1 aliphatic rings. The molecular formula is C20H25N5O2. The maximum atomic E-state index is 12.3. The standard InChI is InChI=1S/C20H25N5O2/c1-20(2,3)27-19(26)24-13-11-23(12-14-24)17-15-25(10-9-21)22-18(17)16-7-5-4-6-8-16/h4-8,15H,10-14H2,1-3H3. The Hall–Kier alpha value is -3.01. The summed E-state index contributed by atoms with van der Waals surface area (Å²) in [5.74, 6) is 0. The van der Waals surface area contributed by atoms with Gasteiger partial charge in [0.15, 0.2) is 0 Å². The van der Waals surface area contributed by atoms with E-state index in [9.17, 15) is 4.79 Å². The molecule has 2 aromatic rings. The molecule has 1 aliphatic heterocycles. The smallest absolute Gasteiger partial charge is 0.410 e. The first-order chi connectivity index (χ1) is 12.9. The van der Waals surface area contributed by atoms with E-state index in [0.717, 1.165) is 16.9 Å². The summed E-state index contributed by atoms with van der Waals surface area (Å²) < 4.78 is 7.13. The SMILES string of the molecule is CC(C)(C)OC(=O)N1CCN(c2cn(CC#N)nc2-c2ccccc2)CC1. The van der Waals surface area contributed by atoms with Gasteiger partial charge in [-0.3, -0.25) is 4.68 Å². The Morgan fingerprint density at radius 1 is 1.19 bits per heavy atom. The van der Waals surface area contributed by atoms with E-state index in [1.54, 1.807) is 9.58 Å². The summed E-state index contributed by atoms with van der Waals surface area (Å²) in [5.41, 5.74) is 2.36. The molecule has 1 aromatic carbocycles. The fraction of sp³-hybridized carbons (Fsp3) is 0.450. The van der Waals surface area contributed by atoms with Crippen LogP contribution in [0.3, 0.4) is 0 Å². The number of nitrogens with zero attached hydrogens (tertiary/aromatic N) is 5. The van der Waals surface area contributed by atoms with Crippen molar-refractivity contribution in [1.29, 1.82) is 5.26 Å². The van der Waals surface area contributed by atoms with Crippen molar-refractivity contribution in [3.8, 4) is 17.3 Å². The topological polar surface area (TPSA) is 74.4 Å². The molecule has 3 rings (SSSR count). The van der Waals surface area contributed by atoms with Crippen molar-refractivity contribution in [3.63, 3.8) is 0 Å². The van der Waals surface area contributed by atoms with Crippen LogP contribution < -0.4 is 4.90 Å². The van der Waals surface area contributed by atoms with Gasteiger partial charge in [-0.1, -0.05) is 30.3 Å². The summed E-state index contributed by atoms with van der Waals surface area (Å²) in [7, 11) is 0. The molecule has 0 spiro atoms. The molecule has 7 nitrogen and oxygen atoms in total. The van der Waals surface area contributed by atoms with Crippen LogP contribution in [0.5, 0.6) is 0 Å². The zero-order chi connectivity index (χ0) is 19.4. The minimum absolute atomic E-state index is 0.206. The van der Waals surface area contributed by atoms with Gasteiger partial charge in [0.25, 0.3) is 0 Å². The minimum Gasteiger partial charge on any atom is -0.444 e. The van der Waals surface area contributed by atoms with Crippen LogP contribution in [0.15, 0.2) is 36.5 Å². The Morgan fingerprint density at radius 3 is 2.44 bits per heavy atom. The molecule has 1 aromatic heterocycles. The lowest BCUT2D eigenvalue weighted by Crippen LogP contribution is -2.50. The number of amides is 1. The van der Waals surface area contributed by atoms with Crippen LogP contribution in [0.1, 0.15) is 20.8 Å². The predicted octanol–water partition coefficient (Wildman–Crippen LogP) is 3.13. The highest BCUT2D eigenvalue weighted by Crippen LogP contribution is 2.30. The molecule has 0 bridgehead atoms. The number of benzene rings is 1. The van der Waals surface area contributed by atoms with Crippen molar-refractivity contribution in [1.82, 2.24) is 14.7 Å². The highest BCUT2D eigenvalue weighted by molar-refractivity contribution is 5.75. The van der Waals surface area contributed by atoms with E-state index in [1.807, 2.05) is 57.3 Å². The lowest BCUT2D eigenvalue weighted by atomic mass is 10.1. The van der Waals surface area contributed by atoms with E-state index in [2.05, 4.69) is 16.1 Å². The number of nitriles is 1. The molecule has 7 heteroatoms. The van der Waals surface area contributed by atoms with Crippen molar-refractivity contribution >= 4 is 11.8 Å². The van der Waals surface area contributed by atoms with Gasteiger partial charge in [0.2, 0.25) is 0 Å². The molecule has 0 unspecified atom stereocenters. The Bertz CT molecular complexity index is 824. The van der Waals surface area contributed by atoms with Gasteiger partial charge in [-0.25, -0.2) is 4.79 Å². The molecule has 0 atom stereocenters. The zero-order valence-corrected chi connectivity index (χ0v) is 16.1. The molecular weight excluding hydrogens is 342 g/mol. The quantitative estimate of drug-likeness (QED) is 0.833. The largest absolute Gasteiger partial charge is 0.444 e. The average Bonchev–Trinajstić information content (AvgIpc) is 3.05. The van der Waals surface area contributed by atoms with E-state index < -0.39 is 5.60 Å². The van der Waals surface area contributed by atoms with Crippen LogP contribution in [0, 0.1) is 11.3 Å². The van der Waals surface area contributed by atoms with Crippen molar-refractivity contribution < 1.29 is 9.53 Å². The Labute approximate surface area is 159 Å². The number of piperazine rings is 1. The third-order valence-electron chi connectivity index (χ3n) is 4.29. The van der Waals surface area contributed by atoms with Crippen LogP contribution in [0.4, 0.5) is 10.5 Å². The van der Waals surface area contributed by atoms with E-state index in [0.29, 0.717) is 26.2 Å². The Balaban J connectivity index is 1.76. The first-order valence-corrected chi connectivity index (χ1v) is 9.10. The second-order valence-electron chi connectivity index (χ2n) is 7.54. The van der Waals surface area contributed by atoms with E-state index in [1.165, 1.54) is 0 Å². The first-order valence-electron chi connectivity index (χ1n) is 9.10. The third kappa shape index (κ3) is 4.59. The highest BCUT2D eigenvalue weighted by atomic mass is 16.6. The van der Waals surface area contributed by atoms with E-state index in [-0.39, 0.29) is 12.6 Å². The van der Waals surface area contributed by atoms with Gasteiger partial charge in [0.05, 0.1) is 18.0 Å². The second-order valence-corrected chi connectivity index (χ2v) is 7.54. The molecule has 142 valence electrons. The molecule has 0 saturated carbocycles. The normalized spacial score (nSPS) is 14.7. The van der Waals surface area contributed by atoms with Crippen molar-refractivity contribution in [2.75, 3.05) is 31.1 Å². The predicted molar refractivity (Wildman–Crippen MR) is 103 cm³/mol. The van der Waals surface area contributed by atoms with Gasteiger partial charge in [-0.2, -0.15) is 10.4 Å². The van der Waals surface area contributed by atoms with Crippen LogP contribution in [0.2, 0.25) is 0 Å². The zero-order valence-electron chi connectivity index (χ0n) is 16.1. The maximum absolute atomic E-state index is 12.3. The molecule has 1 amide bonds. The Kier molecular flexibility index (Phi) is 5.36. The molecule has 27 heavy (non-hydrogen) atoms. The van der Waals surface area contributed by atoms with Crippen molar-refractivity contribution in [3.05, 3.63) is 36.5 Å². The van der Waals surface area contributed by atoms with Crippen LogP contribution in [-0.4, -0.2) is 52.6 Å². The van der Waals surface area contributed by atoms with Gasteiger partial charge >= 0.3 is 6.09 Å². The van der Waals surface area contributed by atoms with E-state index in [4.69, 9.17) is 10.00 Å². The number of carbonyl (C=O) groups excluding carboxylic acids is 1. The molecule has 1 saturated heterocycles. The van der Waals surface area contributed by atoms with Gasteiger partial charge in [0, 0.05) is 31.7 Å². The average molecular weight is 367 g/mol. The number of hydrogen-bond donors (Lipinski definition) is 0. The minimum atomic E-state index is -0.493. The van der Waals surface area contributed by atoms with Gasteiger partial charge in [-0.15, -0.1) is 0 Å². The summed E-state index contributed by atoms with van der Waals surface area (Å²) in [6, 6.07) is 12.1. The molecule has 1 fully saturated rings. The monoisotopic (exact) mass is 367 g/mol. The number of aromatic nitrogens is 2. The molecule has 0 radical (unpaired) electrons. The van der Waals surface area contributed by atoms with E-state index >= 15 is 0 Å². The lowest BCUT2D eigenvalue weighted by molar-refractivity contribution is 0.0240. The highest BCUT2D eigenvalue weighted by Gasteiger charge is 2.27. The molecule has 0 aliphatic carbocycles. The first kappa shape index (κ1) is 18.8. The molecule has 0 N–H and O–H groups in total. The number of rotatable bonds is 3. The van der Waals surface area contributed by atoms with Crippen LogP contribution in [0.25, 0.3) is 11.3 Å². The number of hydrogen-bond acceptors (Lipinski definition) is 5. The summed E-state index contributed by atoms with van der Waals surface area (Å²) in [5, 5.41) is 13.6. The summed E-state index contributed by atoms with van der Waals surface area (Å²) in [6.07, 6.45) is 1.64. The summed E-state index contributed by atoms with van der Waals surface area (Å²) in [4.78, 5) is 16.2. The fourth-order valence-electron chi connectivity index (χ4n) is 3.05. The van der Waals surface area contributed by atoms with Gasteiger partial charge in [0.1, 0.15) is 17.8 Å². The lowest BCUT2D eigenvalue weighted by Gasteiger charge is -2.36. The second kappa shape index (κ2) is 7.70. The maximum Gasteiger partial charge on any atom is 0.410 e. The van der Waals surface area contributed by atoms with Gasteiger partial charge in [-0.05, 0) is 20.8 Å². The number of ether oxygens (including phenoxy) is 1. The third-order valence-corrected chi connectivity index (χ3v) is 4.29. The molecule has 2 heterocycles. The van der Waals surface area contributed by atoms with Crippen LogP contribution >= 0.6 is 0 Å². The summed E-state index contributed by atoms with van der Waals surface area (Å²) >= 11 is 0. The van der Waals surface area contributed by atoms with Gasteiger partial charge < -0.3 is 14.5 Å².